The predicted octanol–water partition coefficient (Wildman–Crippen LogP) is 2.68. The fourth-order valence-corrected chi connectivity index (χ4v) is 2.52. The number of benzene rings is 1. The second kappa shape index (κ2) is 3.54. The Morgan fingerprint density at radius 1 is 1.33 bits per heavy atom. The Bertz CT molecular complexity index is 445. The van der Waals surface area contributed by atoms with Gasteiger partial charge in [0, 0.05) is 11.9 Å². The summed E-state index contributed by atoms with van der Waals surface area (Å²) >= 11 is 0. The number of nitrogens with one attached hydrogen (secondary N) is 1. The Kier molecular flexibility index (Phi) is 2.05. The lowest BCUT2D eigenvalue weighted by Gasteiger charge is -2.09. The van der Waals surface area contributed by atoms with Crippen molar-refractivity contribution in [2.24, 2.45) is 0 Å². The minimum Gasteiger partial charge on any atom is -0.348 e. The van der Waals surface area contributed by atoms with E-state index in [4.69, 9.17) is 0 Å². The highest BCUT2D eigenvalue weighted by Crippen LogP contribution is 2.34. The summed E-state index contributed by atoms with van der Waals surface area (Å²) in [5.41, 5.74) is 4.31. The smallest absolute Gasteiger partial charge is 0.0921 e. The lowest BCUT2D eigenvalue weighted by molar-refractivity contribution is 0.666. The summed E-state index contributed by atoms with van der Waals surface area (Å²) in [6, 6.07) is 8.80. The molecule has 0 amide bonds. The molecule has 15 heavy (non-hydrogen) atoms. The van der Waals surface area contributed by atoms with Crippen LogP contribution in [0.4, 0.5) is 0 Å². The summed E-state index contributed by atoms with van der Waals surface area (Å²) in [4.78, 5) is 7.25. The van der Waals surface area contributed by atoms with E-state index in [1.807, 2.05) is 6.20 Å². The third-order valence-electron chi connectivity index (χ3n) is 3.28. The fraction of sp³-hybridized carbons (Fsp3) is 0.308. The van der Waals surface area contributed by atoms with E-state index in [0.29, 0.717) is 5.92 Å². The average Bonchev–Trinajstić information content (AvgIpc) is 2.89. The molecule has 0 saturated heterocycles. The first-order valence-corrected chi connectivity index (χ1v) is 5.48. The number of H-pyrrole nitrogens is 1. The first-order chi connectivity index (χ1) is 7.43. The molecule has 0 fully saturated rings. The van der Waals surface area contributed by atoms with Crippen LogP contribution in [0, 0.1) is 0 Å². The van der Waals surface area contributed by atoms with Gasteiger partial charge in [-0.05, 0) is 36.3 Å². The Labute approximate surface area is 89.4 Å². The van der Waals surface area contributed by atoms with E-state index in [0.717, 1.165) is 6.42 Å². The van der Waals surface area contributed by atoms with Crippen LogP contribution in [-0.2, 0) is 12.8 Å². The first-order valence-electron chi connectivity index (χ1n) is 5.48. The van der Waals surface area contributed by atoms with Gasteiger partial charge in [-0.25, -0.2) is 4.98 Å². The van der Waals surface area contributed by atoms with Crippen molar-refractivity contribution in [3.05, 3.63) is 53.6 Å². The van der Waals surface area contributed by atoms with Crippen LogP contribution >= 0.6 is 0 Å². The lowest BCUT2D eigenvalue weighted by atomic mass is 9.97. The van der Waals surface area contributed by atoms with Crippen molar-refractivity contribution in [1.82, 2.24) is 9.97 Å². The summed E-state index contributed by atoms with van der Waals surface area (Å²) < 4.78 is 0. The number of hydrogen-bond acceptors (Lipinski definition) is 1. The van der Waals surface area contributed by atoms with E-state index in [1.54, 1.807) is 6.33 Å². The monoisotopic (exact) mass is 198 g/mol. The summed E-state index contributed by atoms with van der Waals surface area (Å²) in [6.45, 7) is 0. The fourth-order valence-electron chi connectivity index (χ4n) is 2.52. The van der Waals surface area contributed by atoms with Gasteiger partial charge >= 0.3 is 0 Å². The Balaban J connectivity index is 1.85. The van der Waals surface area contributed by atoms with Gasteiger partial charge in [0.15, 0.2) is 0 Å². The van der Waals surface area contributed by atoms with Crippen LogP contribution in [-0.4, -0.2) is 9.97 Å². The zero-order valence-corrected chi connectivity index (χ0v) is 8.61. The maximum absolute atomic E-state index is 4.06. The Morgan fingerprint density at radius 2 is 2.27 bits per heavy atom. The van der Waals surface area contributed by atoms with E-state index in [-0.39, 0.29) is 0 Å². The molecule has 76 valence electrons. The highest BCUT2D eigenvalue weighted by Gasteiger charge is 2.22. The highest BCUT2D eigenvalue weighted by atomic mass is 14.9. The van der Waals surface area contributed by atoms with Gasteiger partial charge in [-0.1, -0.05) is 24.3 Å². The number of aromatic nitrogens is 2. The van der Waals surface area contributed by atoms with Gasteiger partial charge in [-0.2, -0.15) is 0 Å². The molecule has 1 aromatic heterocycles. The van der Waals surface area contributed by atoms with Gasteiger partial charge < -0.3 is 4.98 Å². The zero-order chi connectivity index (χ0) is 10.1. The summed E-state index contributed by atoms with van der Waals surface area (Å²) in [6.07, 6.45) is 7.29. The second-order valence-electron chi connectivity index (χ2n) is 4.22. The van der Waals surface area contributed by atoms with Crippen molar-refractivity contribution in [1.29, 1.82) is 0 Å². The van der Waals surface area contributed by atoms with Crippen molar-refractivity contribution in [2.75, 3.05) is 0 Å². The first kappa shape index (κ1) is 8.72. The molecule has 0 spiro atoms. The van der Waals surface area contributed by atoms with Gasteiger partial charge in [-0.3, -0.25) is 0 Å². The molecular weight excluding hydrogens is 184 g/mol. The number of aromatic amines is 1. The molecular formula is C13H14N2. The van der Waals surface area contributed by atoms with E-state index in [9.17, 15) is 0 Å². The van der Waals surface area contributed by atoms with E-state index in [2.05, 4.69) is 34.2 Å². The number of fused-ring (bicyclic) bond motifs is 1. The molecule has 1 atom stereocenters. The lowest BCUT2D eigenvalue weighted by Crippen LogP contribution is -1.98. The van der Waals surface area contributed by atoms with Crippen molar-refractivity contribution in [2.45, 2.75) is 25.2 Å². The molecule has 0 unspecified atom stereocenters. The third kappa shape index (κ3) is 1.56. The van der Waals surface area contributed by atoms with Crippen LogP contribution in [0.15, 0.2) is 36.8 Å². The second-order valence-corrected chi connectivity index (χ2v) is 4.22. The molecule has 0 bridgehead atoms. The highest BCUT2D eigenvalue weighted by molar-refractivity contribution is 5.35. The summed E-state index contributed by atoms with van der Waals surface area (Å²) in [7, 11) is 0. The van der Waals surface area contributed by atoms with Crippen LogP contribution in [0.3, 0.4) is 0 Å². The van der Waals surface area contributed by atoms with E-state index >= 15 is 0 Å². The van der Waals surface area contributed by atoms with Crippen molar-refractivity contribution in [3.8, 4) is 0 Å². The summed E-state index contributed by atoms with van der Waals surface area (Å²) in [5, 5.41) is 0. The van der Waals surface area contributed by atoms with Gasteiger partial charge in [0.1, 0.15) is 0 Å². The standard InChI is InChI=1S/C13H14N2/c1-2-4-13-10(3-1)5-6-11(13)7-12-8-14-9-15-12/h1-4,8-9,11H,5-7H2,(H,14,15)/t11-/m0/s1. The topological polar surface area (TPSA) is 28.7 Å². The molecule has 0 aliphatic heterocycles. The van der Waals surface area contributed by atoms with Crippen molar-refractivity contribution < 1.29 is 0 Å². The molecule has 2 aromatic rings. The van der Waals surface area contributed by atoms with Crippen molar-refractivity contribution >= 4 is 0 Å². The Hall–Kier alpha value is -1.57. The average molecular weight is 198 g/mol. The van der Waals surface area contributed by atoms with E-state index in [1.165, 1.54) is 29.7 Å². The molecule has 1 aliphatic rings. The molecule has 1 heterocycles. The van der Waals surface area contributed by atoms with Crippen LogP contribution in [0.25, 0.3) is 0 Å². The van der Waals surface area contributed by atoms with E-state index < -0.39 is 0 Å². The number of rotatable bonds is 2. The van der Waals surface area contributed by atoms with Gasteiger partial charge in [0.2, 0.25) is 0 Å². The molecule has 1 N–H and O–H groups in total. The number of nitrogens with zero attached hydrogens (tertiary/aromatic N) is 1. The molecule has 2 heteroatoms. The molecule has 3 rings (SSSR count). The van der Waals surface area contributed by atoms with Crippen LogP contribution in [0.5, 0.6) is 0 Å². The minimum absolute atomic E-state index is 0.682. The molecule has 2 nitrogen and oxygen atoms in total. The van der Waals surface area contributed by atoms with Gasteiger partial charge in [-0.15, -0.1) is 0 Å². The number of aryl methyl sites for hydroxylation is 1. The Morgan fingerprint density at radius 3 is 3.13 bits per heavy atom. The third-order valence-corrected chi connectivity index (χ3v) is 3.28. The van der Waals surface area contributed by atoms with Gasteiger partial charge in [0.25, 0.3) is 0 Å². The largest absolute Gasteiger partial charge is 0.348 e. The molecule has 1 aliphatic carbocycles. The molecule has 1 aromatic carbocycles. The SMILES string of the molecule is c1ccc2c(c1)CC[C@H]2Cc1cnc[nH]1. The number of imidazole rings is 1. The quantitative estimate of drug-likeness (QED) is 0.789. The zero-order valence-electron chi connectivity index (χ0n) is 8.61. The van der Waals surface area contributed by atoms with Crippen LogP contribution < -0.4 is 0 Å². The normalized spacial score (nSPS) is 19.1. The number of hydrogen-bond donors (Lipinski definition) is 1. The minimum atomic E-state index is 0.682. The summed E-state index contributed by atoms with van der Waals surface area (Å²) in [5.74, 6) is 0.682. The van der Waals surface area contributed by atoms with Crippen LogP contribution in [0.2, 0.25) is 0 Å². The molecule has 0 saturated carbocycles. The maximum atomic E-state index is 4.06. The maximum Gasteiger partial charge on any atom is 0.0921 e. The van der Waals surface area contributed by atoms with Crippen LogP contribution in [0.1, 0.15) is 29.2 Å². The van der Waals surface area contributed by atoms with Crippen molar-refractivity contribution in [3.63, 3.8) is 0 Å². The molecule has 0 radical (unpaired) electrons. The van der Waals surface area contributed by atoms with Gasteiger partial charge in [0.05, 0.1) is 6.33 Å². The predicted molar refractivity (Wildman–Crippen MR) is 59.8 cm³/mol.